The molecular formula is C22H23N3O5. The van der Waals surface area contributed by atoms with E-state index in [4.69, 9.17) is 14.2 Å². The summed E-state index contributed by atoms with van der Waals surface area (Å²) in [6, 6.07) is 13.5. The fourth-order valence-electron chi connectivity index (χ4n) is 2.65. The summed E-state index contributed by atoms with van der Waals surface area (Å²) in [5, 5.41) is 15.0. The first-order valence-corrected chi connectivity index (χ1v) is 9.02. The highest BCUT2D eigenvalue weighted by Gasteiger charge is 2.16. The Labute approximate surface area is 175 Å². The molecule has 0 fully saturated rings. The number of ether oxygens (including phenoxy) is 3. The fourth-order valence-corrected chi connectivity index (χ4v) is 2.65. The first-order chi connectivity index (χ1) is 14.4. The fraction of sp³-hybridized carbons (Fsp3) is 0.227. The minimum Gasteiger partial charge on any atom is -0.493 e. The van der Waals surface area contributed by atoms with Crippen molar-refractivity contribution in [2.75, 3.05) is 26.6 Å². The zero-order valence-electron chi connectivity index (χ0n) is 17.2. The molecule has 2 aromatic carbocycles. The van der Waals surface area contributed by atoms with E-state index >= 15 is 0 Å². The zero-order chi connectivity index (χ0) is 22.1. The second kappa shape index (κ2) is 10.5. The molecule has 0 saturated heterocycles. The van der Waals surface area contributed by atoms with Gasteiger partial charge < -0.3 is 24.8 Å². The van der Waals surface area contributed by atoms with E-state index in [2.05, 4.69) is 10.6 Å². The number of rotatable bonds is 8. The van der Waals surface area contributed by atoms with Gasteiger partial charge in [0, 0.05) is 12.2 Å². The van der Waals surface area contributed by atoms with Gasteiger partial charge in [-0.15, -0.1) is 0 Å². The van der Waals surface area contributed by atoms with Crippen LogP contribution in [0, 0.1) is 11.3 Å². The lowest BCUT2D eigenvalue weighted by Gasteiger charge is -2.15. The zero-order valence-corrected chi connectivity index (χ0v) is 17.2. The number of amides is 1. The Bertz CT molecular complexity index is 995. The van der Waals surface area contributed by atoms with Crippen LogP contribution >= 0.6 is 0 Å². The van der Waals surface area contributed by atoms with Gasteiger partial charge in [0.05, 0.1) is 32.6 Å². The third-order valence-electron chi connectivity index (χ3n) is 4.33. The van der Waals surface area contributed by atoms with Crippen molar-refractivity contribution in [2.24, 2.45) is 0 Å². The lowest BCUT2D eigenvalue weighted by Crippen LogP contribution is -2.20. The molecule has 0 radical (unpaired) electrons. The van der Waals surface area contributed by atoms with Crippen molar-refractivity contribution in [3.63, 3.8) is 0 Å². The second-order valence-electron chi connectivity index (χ2n) is 6.16. The third-order valence-corrected chi connectivity index (χ3v) is 4.33. The molecule has 30 heavy (non-hydrogen) atoms. The molecule has 8 nitrogen and oxygen atoms in total. The molecular weight excluding hydrogens is 386 g/mol. The summed E-state index contributed by atoms with van der Waals surface area (Å²) in [5.41, 5.74) is 1.17. The van der Waals surface area contributed by atoms with Crippen LogP contribution in [-0.4, -0.2) is 33.2 Å². The molecule has 0 aliphatic rings. The third kappa shape index (κ3) is 5.29. The van der Waals surface area contributed by atoms with Gasteiger partial charge in [-0.1, -0.05) is 18.2 Å². The number of anilines is 1. The molecule has 0 spiro atoms. The van der Waals surface area contributed by atoms with Crippen molar-refractivity contribution >= 4 is 17.6 Å². The van der Waals surface area contributed by atoms with Gasteiger partial charge in [0.15, 0.2) is 11.5 Å². The Morgan fingerprint density at radius 2 is 1.77 bits per heavy atom. The molecule has 0 heterocycles. The standard InChI is InChI=1S/C22H23N3O5/c1-14(15-9-10-19(28-2)20(11-15)29-3)24-13-16(12-23)21(26)25-18-8-6-5-7-17(18)22(27)30-4/h5-11,13-14,24H,1-4H3,(H,25,26)/b16-13-. The molecule has 156 valence electrons. The number of para-hydroxylation sites is 1. The monoisotopic (exact) mass is 409 g/mol. The molecule has 0 aromatic heterocycles. The molecule has 0 aliphatic carbocycles. The molecule has 0 bridgehead atoms. The quantitative estimate of drug-likeness (QED) is 0.391. The first kappa shape index (κ1) is 22.3. The van der Waals surface area contributed by atoms with Crippen LogP contribution in [0.3, 0.4) is 0 Å². The van der Waals surface area contributed by atoms with E-state index in [1.165, 1.54) is 19.4 Å². The number of esters is 1. The molecule has 0 saturated carbocycles. The van der Waals surface area contributed by atoms with Crippen molar-refractivity contribution in [1.29, 1.82) is 5.26 Å². The molecule has 1 atom stereocenters. The highest BCUT2D eigenvalue weighted by atomic mass is 16.5. The smallest absolute Gasteiger partial charge is 0.339 e. The second-order valence-corrected chi connectivity index (χ2v) is 6.16. The van der Waals surface area contributed by atoms with E-state index in [9.17, 15) is 14.9 Å². The number of methoxy groups -OCH3 is 3. The summed E-state index contributed by atoms with van der Waals surface area (Å²) in [7, 11) is 4.35. The lowest BCUT2D eigenvalue weighted by atomic mass is 10.1. The van der Waals surface area contributed by atoms with Crippen LogP contribution in [0.2, 0.25) is 0 Å². The maximum atomic E-state index is 12.5. The van der Waals surface area contributed by atoms with Gasteiger partial charge in [-0.05, 0) is 36.8 Å². The average molecular weight is 409 g/mol. The largest absolute Gasteiger partial charge is 0.493 e. The number of hydrogen-bond donors (Lipinski definition) is 2. The van der Waals surface area contributed by atoms with Crippen LogP contribution < -0.4 is 20.1 Å². The van der Waals surface area contributed by atoms with Crippen LogP contribution in [0.25, 0.3) is 0 Å². The van der Waals surface area contributed by atoms with E-state index < -0.39 is 11.9 Å². The van der Waals surface area contributed by atoms with Gasteiger partial charge in [0.1, 0.15) is 11.6 Å². The summed E-state index contributed by atoms with van der Waals surface area (Å²) in [5.74, 6) is -0.0647. The number of nitriles is 1. The minimum absolute atomic E-state index is 0.151. The van der Waals surface area contributed by atoms with E-state index in [-0.39, 0.29) is 22.9 Å². The van der Waals surface area contributed by atoms with E-state index in [1.807, 2.05) is 25.1 Å². The highest BCUT2D eigenvalue weighted by Crippen LogP contribution is 2.29. The predicted molar refractivity (Wildman–Crippen MR) is 111 cm³/mol. The molecule has 8 heteroatoms. The van der Waals surface area contributed by atoms with Crippen molar-refractivity contribution in [3.05, 3.63) is 65.4 Å². The van der Waals surface area contributed by atoms with Crippen LogP contribution in [0.4, 0.5) is 5.69 Å². The van der Waals surface area contributed by atoms with Crippen LogP contribution in [0.15, 0.2) is 54.2 Å². The number of benzene rings is 2. The highest BCUT2D eigenvalue weighted by molar-refractivity contribution is 6.09. The molecule has 2 aromatic rings. The van der Waals surface area contributed by atoms with E-state index in [1.54, 1.807) is 38.5 Å². The minimum atomic E-state index is -0.652. The summed E-state index contributed by atoms with van der Waals surface area (Å²) in [6.07, 6.45) is 1.33. The summed E-state index contributed by atoms with van der Waals surface area (Å²) in [4.78, 5) is 24.3. The van der Waals surface area contributed by atoms with Crippen LogP contribution in [0.5, 0.6) is 11.5 Å². The van der Waals surface area contributed by atoms with Crippen LogP contribution in [0.1, 0.15) is 28.9 Å². The van der Waals surface area contributed by atoms with Gasteiger partial charge in [0.25, 0.3) is 5.91 Å². The average Bonchev–Trinajstić information content (AvgIpc) is 2.78. The van der Waals surface area contributed by atoms with Gasteiger partial charge in [-0.3, -0.25) is 4.79 Å². The maximum absolute atomic E-state index is 12.5. The number of carbonyl (C=O) groups excluding carboxylic acids is 2. The first-order valence-electron chi connectivity index (χ1n) is 9.02. The maximum Gasteiger partial charge on any atom is 0.339 e. The van der Waals surface area contributed by atoms with Crippen molar-refractivity contribution < 1.29 is 23.8 Å². The van der Waals surface area contributed by atoms with Gasteiger partial charge >= 0.3 is 5.97 Å². The van der Waals surface area contributed by atoms with Gasteiger partial charge in [-0.2, -0.15) is 5.26 Å². The summed E-state index contributed by atoms with van der Waals surface area (Å²) >= 11 is 0. The van der Waals surface area contributed by atoms with Crippen molar-refractivity contribution in [1.82, 2.24) is 5.32 Å². The Balaban J connectivity index is 2.15. The molecule has 2 N–H and O–H groups in total. The number of carbonyl (C=O) groups is 2. The Kier molecular flexibility index (Phi) is 7.82. The Morgan fingerprint density at radius 3 is 2.40 bits per heavy atom. The van der Waals surface area contributed by atoms with Crippen molar-refractivity contribution in [3.8, 4) is 17.6 Å². The Hall–Kier alpha value is -3.99. The Morgan fingerprint density at radius 1 is 1.07 bits per heavy atom. The van der Waals surface area contributed by atoms with Crippen molar-refractivity contribution in [2.45, 2.75) is 13.0 Å². The summed E-state index contributed by atoms with van der Waals surface area (Å²) in [6.45, 7) is 1.87. The number of hydrogen-bond acceptors (Lipinski definition) is 7. The normalized spacial score (nSPS) is 11.6. The molecule has 2 rings (SSSR count). The van der Waals surface area contributed by atoms with E-state index in [0.717, 1.165) is 5.56 Å². The molecule has 1 unspecified atom stereocenters. The molecule has 0 aliphatic heterocycles. The van der Waals surface area contributed by atoms with E-state index in [0.29, 0.717) is 11.5 Å². The topological polar surface area (TPSA) is 110 Å². The predicted octanol–water partition coefficient (Wildman–Crippen LogP) is 3.19. The summed E-state index contributed by atoms with van der Waals surface area (Å²) < 4.78 is 15.2. The lowest BCUT2D eigenvalue weighted by molar-refractivity contribution is -0.112. The molecule has 1 amide bonds. The number of nitrogens with zero attached hydrogens (tertiary/aromatic N) is 1. The SMILES string of the molecule is COC(=O)c1ccccc1NC(=O)/C(C#N)=C\NC(C)c1ccc(OC)c(OC)c1. The number of nitrogens with one attached hydrogen (secondary N) is 2. The van der Waals surface area contributed by atoms with Gasteiger partial charge in [-0.25, -0.2) is 4.79 Å². The van der Waals surface area contributed by atoms with Crippen LogP contribution in [-0.2, 0) is 9.53 Å². The van der Waals surface area contributed by atoms with Gasteiger partial charge in [0.2, 0.25) is 0 Å².